The van der Waals surface area contributed by atoms with Crippen LogP contribution in [-0.4, -0.2) is 15.3 Å². The van der Waals surface area contributed by atoms with Gasteiger partial charge in [-0.25, -0.2) is 4.98 Å². The normalized spacial score (nSPS) is 10.5. The van der Waals surface area contributed by atoms with Gasteiger partial charge in [0.1, 0.15) is 5.65 Å². The summed E-state index contributed by atoms with van der Waals surface area (Å²) < 4.78 is 1.87. The predicted octanol–water partition coefficient (Wildman–Crippen LogP) is 2.52. The van der Waals surface area contributed by atoms with E-state index in [0.29, 0.717) is 12.2 Å². The lowest BCUT2D eigenvalue weighted by atomic mass is 10.1. The SMILES string of the molecule is O=C(Cc1ccccc1)Nc1cn2ccccc2n1. The van der Waals surface area contributed by atoms with Crippen molar-refractivity contribution >= 4 is 17.4 Å². The Bertz CT molecular complexity index is 670. The number of amides is 1. The Balaban J connectivity index is 1.72. The first-order valence-corrected chi connectivity index (χ1v) is 6.09. The number of hydrogen-bond donors (Lipinski definition) is 1. The molecule has 0 spiro atoms. The molecule has 3 rings (SSSR count). The number of hydrogen-bond acceptors (Lipinski definition) is 2. The molecular weight excluding hydrogens is 238 g/mol. The van der Waals surface area contributed by atoms with Gasteiger partial charge in [0.05, 0.1) is 12.6 Å². The number of nitrogens with one attached hydrogen (secondary N) is 1. The Morgan fingerprint density at radius 3 is 2.68 bits per heavy atom. The van der Waals surface area contributed by atoms with Crippen molar-refractivity contribution in [1.29, 1.82) is 0 Å². The molecule has 4 heteroatoms. The molecule has 0 atom stereocenters. The number of nitrogens with zero attached hydrogens (tertiary/aromatic N) is 2. The van der Waals surface area contributed by atoms with Crippen LogP contribution in [0.5, 0.6) is 0 Å². The van der Waals surface area contributed by atoms with Gasteiger partial charge in [0, 0.05) is 6.20 Å². The molecule has 0 bridgehead atoms. The van der Waals surface area contributed by atoms with Crippen LogP contribution in [0.2, 0.25) is 0 Å². The van der Waals surface area contributed by atoms with E-state index in [0.717, 1.165) is 11.2 Å². The molecule has 0 saturated carbocycles. The van der Waals surface area contributed by atoms with Crippen LogP contribution < -0.4 is 5.32 Å². The van der Waals surface area contributed by atoms with Crippen LogP contribution in [0.3, 0.4) is 0 Å². The number of carbonyl (C=O) groups is 1. The summed E-state index contributed by atoms with van der Waals surface area (Å²) in [6.07, 6.45) is 4.06. The van der Waals surface area contributed by atoms with Gasteiger partial charge in [-0.3, -0.25) is 4.79 Å². The van der Waals surface area contributed by atoms with Crippen LogP contribution in [0.25, 0.3) is 5.65 Å². The first-order chi connectivity index (χ1) is 9.31. The molecule has 1 amide bonds. The lowest BCUT2D eigenvalue weighted by Gasteiger charge is -2.01. The molecule has 2 aromatic heterocycles. The molecule has 0 unspecified atom stereocenters. The fourth-order valence-corrected chi connectivity index (χ4v) is 1.96. The first kappa shape index (κ1) is 11.5. The number of pyridine rings is 1. The Morgan fingerprint density at radius 2 is 1.89 bits per heavy atom. The first-order valence-electron chi connectivity index (χ1n) is 6.09. The summed E-state index contributed by atoms with van der Waals surface area (Å²) in [5.41, 5.74) is 1.81. The number of benzene rings is 1. The summed E-state index contributed by atoms with van der Waals surface area (Å²) in [4.78, 5) is 16.2. The van der Waals surface area contributed by atoms with E-state index in [1.807, 2.05) is 59.1 Å². The molecule has 4 nitrogen and oxygen atoms in total. The van der Waals surface area contributed by atoms with Gasteiger partial charge >= 0.3 is 0 Å². The van der Waals surface area contributed by atoms with Gasteiger partial charge in [-0.05, 0) is 17.7 Å². The van der Waals surface area contributed by atoms with Crippen LogP contribution in [-0.2, 0) is 11.2 Å². The number of aromatic nitrogens is 2. The summed E-state index contributed by atoms with van der Waals surface area (Å²) in [5, 5.41) is 2.81. The van der Waals surface area contributed by atoms with Crippen molar-refractivity contribution < 1.29 is 4.79 Å². The lowest BCUT2D eigenvalue weighted by molar-refractivity contribution is -0.115. The Kier molecular flexibility index (Phi) is 2.98. The maximum Gasteiger partial charge on any atom is 0.229 e. The lowest BCUT2D eigenvalue weighted by Crippen LogP contribution is -2.14. The van der Waals surface area contributed by atoms with E-state index in [1.54, 1.807) is 6.20 Å². The molecule has 3 aromatic rings. The van der Waals surface area contributed by atoms with Gasteiger partial charge in [-0.15, -0.1) is 0 Å². The summed E-state index contributed by atoms with van der Waals surface area (Å²) in [5.74, 6) is 0.515. The molecule has 0 fully saturated rings. The highest BCUT2D eigenvalue weighted by Crippen LogP contribution is 2.09. The number of carbonyl (C=O) groups excluding carboxylic acids is 1. The van der Waals surface area contributed by atoms with Gasteiger partial charge < -0.3 is 9.72 Å². The van der Waals surface area contributed by atoms with Crippen LogP contribution in [0, 0.1) is 0 Å². The second kappa shape index (κ2) is 4.94. The zero-order valence-electron chi connectivity index (χ0n) is 10.3. The Hall–Kier alpha value is -2.62. The Labute approximate surface area is 110 Å². The molecule has 0 saturated heterocycles. The molecule has 0 aliphatic rings. The molecule has 1 N–H and O–H groups in total. The minimum absolute atomic E-state index is 0.0605. The van der Waals surface area contributed by atoms with E-state index < -0.39 is 0 Å². The topological polar surface area (TPSA) is 46.4 Å². The zero-order valence-corrected chi connectivity index (χ0v) is 10.3. The summed E-state index contributed by atoms with van der Waals surface area (Å²) in [6.45, 7) is 0. The highest BCUT2D eigenvalue weighted by molar-refractivity contribution is 5.91. The fourth-order valence-electron chi connectivity index (χ4n) is 1.96. The van der Waals surface area contributed by atoms with Gasteiger partial charge in [0.2, 0.25) is 5.91 Å². The van der Waals surface area contributed by atoms with E-state index in [4.69, 9.17) is 0 Å². The van der Waals surface area contributed by atoms with Crippen molar-refractivity contribution in [3.8, 4) is 0 Å². The summed E-state index contributed by atoms with van der Waals surface area (Å²) >= 11 is 0. The summed E-state index contributed by atoms with van der Waals surface area (Å²) in [7, 11) is 0. The molecule has 94 valence electrons. The summed E-state index contributed by atoms with van der Waals surface area (Å²) in [6, 6.07) is 15.4. The van der Waals surface area contributed by atoms with Crippen molar-refractivity contribution in [2.75, 3.05) is 5.32 Å². The third-order valence-corrected chi connectivity index (χ3v) is 2.84. The number of anilines is 1. The van der Waals surface area contributed by atoms with Gasteiger partial charge in [0.25, 0.3) is 0 Å². The second-order valence-corrected chi connectivity index (χ2v) is 4.30. The van der Waals surface area contributed by atoms with E-state index in [1.165, 1.54) is 0 Å². The predicted molar refractivity (Wildman–Crippen MR) is 74.0 cm³/mol. The van der Waals surface area contributed by atoms with Crippen molar-refractivity contribution in [3.05, 3.63) is 66.5 Å². The highest BCUT2D eigenvalue weighted by atomic mass is 16.1. The molecular formula is C15H13N3O. The third kappa shape index (κ3) is 2.63. The monoisotopic (exact) mass is 251 g/mol. The van der Waals surface area contributed by atoms with Crippen LogP contribution in [0.4, 0.5) is 5.82 Å². The average Bonchev–Trinajstić information content (AvgIpc) is 2.81. The number of rotatable bonds is 3. The molecule has 0 aliphatic carbocycles. The van der Waals surface area contributed by atoms with Gasteiger partial charge in [0.15, 0.2) is 5.82 Å². The highest BCUT2D eigenvalue weighted by Gasteiger charge is 2.06. The quantitative estimate of drug-likeness (QED) is 0.777. The zero-order chi connectivity index (χ0) is 13.1. The van der Waals surface area contributed by atoms with Gasteiger partial charge in [-0.1, -0.05) is 36.4 Å². The van der Waals surface area contributed by atoms with E-state index in [-0.39, 0.29) is 5.91 Å². The van der Waals surface area contributed by atoms with Crippen LogP contribution in [0.15, 0.2) is 60.9 Å². The minimum atomic E-state index is -0.0605. The van der Waals surface area contributed by atoms with E-state index in [2.05, 4.69) is 10.3 Å². The second-order valence-electron chi connectivity index (χ2n) is 4.30. The molecule has 0 aliphatic heterocycles. The smallest absolute Gasteiger partial charge is 0.229 e. The van der Waals surface area contributed by atoms with Crippen LogP contribution in [0.1, 0.15) is 5.56 Å². The van der Waals surface area contributed by atoms with E-state index >= 15 is 0 Å². The van der Waals surface area contributed by atoms with Gasteiger partial charge in [-0.2, -0.15) is 0 Å². The van der Waals surface area contributed by atoms with E-state index in [9.17, 15) is 4.79 Å². The van der Waals surface area contributed by atoms with Crippen molar-refractivity contribution in [2.24, 2.45) is 0 Å². The Morgan fingerprint density at radius 1 is 1.11 bits per heavy atom. The van der Waals surface area contributed by atoms with Crippen molar-refractivity contribution in [3.63, 3.8) is 0 Å². The van der Waals surface area contributed by atoms with Crippen molar-refractivity contribution in [2.45, 2.75) is 6.42 Å². The standard InChI is InChI=1S/C15H13N3O/c19-15(10-12-6-2-1-3-7-12)17-13-11-18-9-5-4-8-14(18)16-13/h1-9,11H,10H2,(H,17,19). The number of imidazole rings is 1. The maximum absolute atomic E-state index is 11.9. The van der Waals surface area contributed by atoms with Crippen LogP contribution >= 0.6 is 0 Å². The largest absolute Gasteiger partial charge is 0.309 e. The molecule has 19 heavy (non-hydrogen) atoms. The average molecular weight is 251 g/mol. The molecule has 2 heterocycles. The third-order valence-electron chi connectivity index (χ3n) is 2.84. The fraction of sp³-hybridized carbons (Fsp3) is 0.0667. The number of fused-ring (bicyclic) bond motifs is 1. The maximum atomic E-state index is 11.9. The molecule has 0 radical (unpaired) electrons. The minimum Gasteiger partial charge on any atom is -0.309 e. The molecule has 1 aromatic carbocycles. The van der Waals surface area contributed by atoms with Crippen molar-refractivity contribution in [1.82, 2.24) is 9.38 Å².